The molecule has 4 nitrogen and oxygen atoms in total. The molecule has 1 aliphatic heterocycles. The average molecular weight is 390 g/mol. The van der Waals surface area contributed by atoms with Gasteiger partial charge in [0.2, 0.25) is 0 Å². The second-order valence-electron chi connectivity index (χ2n) is 8.59. The van der Waals surface area contributed by atoms with E-state index in [1.807, 2.05) is 4.90 Å². The summed E-state index contributed by atoms with van der Waals surface area (Å²) in [6.45, 7) is 9.94. The summed E-state index contributed by atoms with van der Waals surface area (Å²) in [6, 6.07) is 10.8. The van der Waals surface area contributed by atoms with Gasteiger partial charge in [0.15, 0.2) is 0 Å². The first-order valence-electron chi connectivity index (χ1n) is 10.6. The van der Waals surface area contributed by atoms with Gasteiger partial charge in [0.25, 0.3) is 5.91 Å². The second-order valence-corrected chi connectivity index (χ2v) is 8.59. The molecule has 4 heteroatoms. The molecule has 0 atom stereocenters. The molecule has 2 aromatic carbocycles. The summed E-state index contributed by atoms with van der Waals surface area (Å²) in [4.78, 5) is 20.4. The quantitative estimate of drug-likeness (QED) is 0.641. The van der Waals surface area contributed by atoms with Crippen LogP contribution in [-0.4, -0.2) is 47.4 Å². The Morgan fingerprint density at radius 1 is 1.07 bits per heavy atom. The summed E-state index contributed by atoms with van der Waals surface area (Å²) in [5, 5.41) is 1.34. The van der Waals surface area contributed by atoms with Crippen LogP contribution in [0.5, 0.6) is 0 Å². The van der Waals surface area contributed by atoms with E-state index in [1.165, 1.54) is 38.7 Å². The van der Waals surface area contributed by atoms with Crippen molar-refractivity contribution in [1.82, 2.24) is 14.8 Å². The zero-order chi connectivity index (χ0) is 20.5. The van der Waals surface area contributed by atoms with E-state index in [-0.39, 0.29) is 5.91 Å². The van der Waals surface area contributed by atoms with Gasteiger partial charge in [-0.2, -0.15) is 0 Å². The third kappa shape index (κ3) is 4.08. The van der Waals surface area contributed by atoms with Gasteiger partial charge in [-0.1, -0.05) is 17.7 Å². The molecule has 0 saturated carbocycles. The minimum Gasteiger partial charge on any atom is -0.361 e. The topological polar surface area (TPSA) is 39.3 Å². The lowest BCUT2D eigenvalue weighted by Crippen LogP contribution is -2.29. The number of hydrogen-bond acceptors (Lipinski definition) is 2. The molecular weight excluding hydrogens is 358 g/mol. The maximum Gasteiger partial charge on any atom is 0.254 e. The van der Waals surface area contributed by atoms with Gasteiger partial charge in [-0.25, -0.2) is 0 Å². The molecule has 2 heterocycles. The molecule has 1 amide bonds. The lowest BCUT2D eigenvalue weighted by molar-refractivity contribution is 0.0772. The summed E-state index contributed by atoms with van der Waals surface area (Å²) < 4.78 is 0. The van der Waals surface area contributed by atoms with Gasteiger partial charge in [0.1, 0.15) is 0 Å². The molecule has 0 bridgehead atoms. The minimum atomic E-state index is 0.194. The van der Waals surface area contributed by atoms with Gasteiger partial charge in [0.05, 0.1) is 0 Å². The third-order valence-corrected chi connectivity index (χ3v) is 6.25. The predicted molar refractivity (Wildman–Crippen MR) is 120 cm³/mol. The SMILES string of the molecule is Cc1ccc2[nH]cc(CCN(C)CCCN3Cc4cc(C)c(C)cc4C3=O)c2c1. The van der Waals surface area contributed by atoms with Crippen LogP contribution in [0.2, 0.25) is 0 Å². The second kappa shape index (κ2) is 8.03. The average Bonchev–Trinajstić information content (AvgIpc) is 3.22. The summed E-state index contributed by atoms with van der Waals surface area (Å²) in [7, 11) is 2.17. The van der Waals surface area contributed by atoms with Crippen molar-refractivity contribution >= 4 is 16.8 Å². The van der Waals surface area contributed by atoms with Crippen LogP contribution in [0.1, 0.15) is 44.6 Å². The molecule has 4 rings (SSSR count). The number of hydrogen-bond donors (Lipinski definition) is 1. The number of amides is 1. The number of nitrogens with zero attached hydrogens (tertiary/aromatic N) is 2. The Morgan fingerprint density at radius 3 is 2.69 bits per heavy atom. The van der Waals surface area contributed by atoms with Crippen LogP contribution in [0.3, 0.4) is 0 Å². The molecule has 1 aromatic heterocycles. The third-order valence-electron chi connectivity index (χ3n) is 6.25. The zero-order valence-corrected chi connectivity index (χ0v) is 18.0. The van der Waals surface area contributed by atoms with Crippen molar-refractivity contribution in [3.8, 4) is 0 Å². The number of nitrogens with one attached hydrogen (secondary N) is 1. The molecule has 0 aliphatic carbocycles. The van der Waals surface area contributed by atoms with E-state index in [9.17, 15) is 4.79 Å². The Kier molecular flexibility index (Phi) is 5.46. The molecule has 152 valence electrons. The molecule has 0 fully saturated rings. The highest BCUT2D eigenvalue weighted by molar-refractivity contribution is 5.98. The van der Waals surface area contributed by atoms with Crippen LogP contribution in [-0.2, 0) is 13.0 Å². The summed E-state index contributed by atoms with van der Waals surface area (Å²) in [5.41, 5.74) is 8.44. The van der Waals surface area contributed by atoms with Gasteiger partial charge >= 0.3 is 0 Å². The fraction of sp³-hybridized carbons (Fsp3) is 0.400. The first-order valence-corrected chi connectivity index (χ1v) is 10.6. The molecule has 29 heavy (non-hydrogen) atoms. The van der Waals surface area contributed by atoms with E-state index in [1.54, 1.807) is 0 Å². The lowest BCUT2D eigenvalue weighted by atomic mass is 10.0. The molecule has 0 saturated heterocycles. The van der Waals surface area contributed by atoms with Crippen LogP contribution >= 0.6 is 0 Å². The van der Waals surface area contributed by atoms with Crippen molar-refractivity contribution in [1.29, 1.82) is 0 Å². The van der Waals surface area contributed by atoms with E-state index in [0.717, 1.165) is 44.6 Å². The number of carbonyl (C=O) groups is 1. The number of aromatic nitrogens is 1. The molecule has 3 aromatic rings. The van der Waals surface area contributed by atoms with E-state index in [2.05, 4.69) is 74.2 Å². The Morgan fingerprint density at radius 2 is 1.86 bits per heavy atom. The Balaban J connectivity index is 1.27. The lowest BCUT2D eigenvalue weighted by Gasteiger charge is -2.20. The largest absolute Gasteiger partial charge is 0.361 e. The zero-order valence-electron chi connectivity index (χ0n) is 18.0. The van der Waals surface area contributed by atoms with Gasteiger partial charge in [0, 0.05) is 42.3 Å². The van der Waals surface area contributed by atoms with Gasteiger partial charge in [-0.05, 0) is 87.7 Å². The van der Waals surface area contributed by atoms with E-state index < -0.39 is 0 Å². The maximum absolute atomic E-state index is 12.7. The number of aryl methyl sites for hydroxylation is 3. The van der Waals surface area contributed by atoms with Crippen molar-refractivity contribution in [2.24, 2.45) is 0 Å². The van der Waals surface area contributed by atoms with E-state index in [0.29, 0.717) is 0 Å². The van der Waals surface area contributed by atoms with Crippen molar-refractivity contribution in [3.63, 3.8) is 0 Å². The first kappa shape index (κ1) is 19.7. The van der Waals surface area contributed by atoms with Gasteiger partial charge in [-0.15, -0.1) is 0 Å². The van der Waals surface area contributed by atoms with Crippen molar-refractivity contribution in [3.05, 3.63) is 69.9 Å². The predicted octanol–water partition coefficient (Wildman–Crippen LogP) is 4.61. The van der Waals surface area contributed by atoms with Crippen LogP contribution in [0.25, 0.3) is 10.9 Å². The molecule has 0 spiro atoms. The fourth-order valence-corrected chi connectivity index (χ4v) is 4.29. The van der Waals surface area contributed by atoms with E-state index >= 15 is 0 Å². The normalized spacial score (nSPS) is 13.7. The number of rotatable bonds is 7. The number of fused-ring (bicyclic) bond motifs is 2. The Labute approximate surface area is 173 Å². The van der Waals surface area contributed by atoms with Crippen LogP contribution in [0.4, 0.5) is 0 Å². The summed E-state index contributed by atoms with van der Waals surface area (Å²) in [6.07, 6.45) is 4.18. The number of likely N-dealkylation sites (N-methyl/N-ethyl adjacent to an activating group) is 1. The molecule has 1 aliphatic rings. The van der Waals surface area contributed by atoms with Crippen LogP contribution < -0.4 is 0 Å². The monoisotopic (exact) mass is 389 g/mol. The van der Waals surface area contributed by atoms with Crippen LogP contribution in [0.15, 0.2) is 36.5 Å². The van der Waals surface area contributed by atoms with Crippen molar-refractivity contribution in [2.45, 2.75) is 40.2 Å². The molecule has 0 unspecified atom stereocenters. The number of carbonyl (C=O) groups excluding carboxylic acids is 1. The summed E-state index contributed by atoms with van der Waals surface area (Å²) >= 11 is 0. The van der Waals surface area contributed by atoms with Crippen molar-refractivity contribution < 1.29 is 4.79 Å². The number of benzene rings is 2. The number of aromatic amines is 1. The Bertz CT molecular complexity index is 1050. The fourth-order valence-electron chi connectivity index (χ4n) is 4.29. The highest BCUT2D eigenvalue weighted by Gasteiger charge is 2.27. The molecular formula is C25H31N3O. The highest BCUT2D eigenvalue weighted by Crippen LogP contribution is 2.26. The molecule has 0 radical (unpaired) electrons. The highest BCUT2D eigenvalue weighted by atomic mass is 16.2. The number of H-pyrrole nitrogens is 1. The standard InChI is InChI=1S/C25H31N3O/c1-17-6-7-24-22(12-17)20(15-26-24)8-11-27(4)9-5-10-28-16-21-13-18(2)19(3)14-23(21)25(28)29/h6-7,12-15,26H,5,8-11,16H2,1-4H3. The summed E-state index contributed by atoms with van der Waals surface area (Å²) in [5.74, 6) is 0.194. The first-order chi connectivity index (χ1) is 13.9. The smallest absolute Gasteiger partial charge is 0.254 e. The van der Waals surface area contributed by atoms with Gasteiger partial charge < -0.3 is 14.8 Å². The maximum atomic E-state index is 12.7. The van der Waals surface area contributed by atoms with Gasteiger partial charge in [-0.3, -0.25) is 4.79 Å². The van der Waals surface area contributed by atoms with E-state index in [4.69, 9.17) is 0 Å². The molecule has 1 N–H and O–H groups in total. The Hall–Kier alpha value is -2.59. The van der Waals surface area contributed by atoms with Crippen LogP contribution in [0, 0.1) is 20.8 Å². The van der Waals surface area contributed by atoms with Crippen molar-refractivity contribution in [2.75, 3.05) is 26.7 Å². The minimum absolute atomic E-state index is 0.194.